The highest BCUT2D eigenvalue weighted by atomic mass is 79.9. The van der Waals surface area contributed by atoms with Gasteiger partial charge in [-0.25, -0.2) is 0 Å². The molecular formula is C21H21BrN4O2S. The van der Waals surface area contributed by atoms with Gasteiger partial charge in [-0.1, -0.05) is 43.3 Å². The van der Waals surface area contributed by atoms with Gasteiger partial charge in [0, 0.05) is 12.3 Å². The van der Waals surface area contributed by atoms with E-state index in [2.05, 4.69) is 33.1 Å². The van der Waals surface area contributed by atoms with Crippen LogP contribution < -0.4 is 10.3 Å². The van der Waals surface area contributed by atoms with Crippen LogP contribution in [-0.2, 0) is 12.3 Å². The zero-order valence-electron chi connectivity index (χ0n) is 16.3. The van der Waals surface area contributed by atoms with Crippen molar-refractivity contribution in [1.82, 2.24) is 19.2 Å². The van der Waals surface area contributed by atoms with Crippen LogP contribution in [-0.4, -0.2) is 26.3 Å². The fourth-order valence-corrected chi connectivity index (χ4v) is 4.76. The molecular weight excluding hydrogens is 452 g/mol. The lowest BCUT2D eigenvalue weighted by atomic mass is 10.2. The molecule has 0 N–H and O–H groups in total. The summed E-state index contributed by atoms with van der Waals surface area (Å²) in [6, 6.07) is 13.7. The number of unbranched alkanes of at least 4 members (excludes halogenated alkanes) is 1. The van der Waals surface area contributed by atoms with Crippen LogP contribution in [0.3, 0.4) is 0 Å². The van der Waals surface area contributed by atoms with Crippen LogP contribution in [0.2, 0.25) is 0 Å². The van der Waals surface area contributed by atoms with Crippen molar-refractivity contribution in [3.05, 3.63) is 62.9 Å². The standard InChI is InChI=1S/C21H21BrN4O2S/c1-3-4-11-25-19(27)15-7-5-6-8-17(15)26-20(25)23-24-21(26)29-13-14-9-10-18(28-2)16(22)12-14/h5-10,12H,3-4,11,13H2,1-2H3. The fourth-order valence-electron chi connectivity index (χ4n) is 3.29. The predicted molar refractivity (Wildman–Crippen MR) is 120 cm³/mol. The predicted octanol–water partition coefficient (Wildman–Crippen LogP) is 4.91. The molecule has 4 aromatic rings. The minimum Gasteiger partial charge on any atom is -0.496 e. The number of methoxy groups -OCH3 is 1. The molecule has 2 heterocycles. The van der Waals surface area contributed by atoms with Gasteiger partial charge in [-0.05, 0) is 52.2 Å². The van der Waals surface area contributed by atoms with Crippen LogP contribution in [0, 0.1) is 0 Å². The summed E-state index contributed by atoms with van der Waals surface area (Å²) in [4.78, 5) is 13.0. The number of halogens is 1. The first kappa shape index (κ1) is 20.0. The van der Waals surface area contributed by atoms with Gasteiger partial charge in [0.25, 0.3) is 5.56 Å². The third kappa shape index (κ3) is 3.79. The summed E-state index contributed by atoms with van der Waals surface area (Å²) in [6.07, 6.45) is 1.93. The lowest BCUT2D eigenvalue weighted by Crippen LogP contribution is -2.23. The highest BCUT2D eigenvalue weighted by Crippen LogP contribution is 2.29. The summed E-state index contributed by atoms with van der Waals surface area (Å²) in [5.74, 6) is 2.13. The van der Waals surface area contributed by atoms with Crippen LogP contribution in [0.5, 0.6) is 5.75 Å². The maximum Gasteiger partial charge on any atom is 0.262 e. The minimum absolute atomic E-state index is 0.00964. The number of thioether (sulfide) groups is 1. The first-order chi connectivity index (χ1) is 14.1. The Hall–Kier alpha value is -2.32. The number of aryl methyl sites for hydroxylation is 1. The molecule has 0 radical (unpaired) electrons. The SMILES string of the molecule is CCCCn1c(=O)c2ccccc2n2c(SCc3ccc(OC)c(Br)c3)nnc12. The van der Waals surface area contributed by atoms with Crippen molar-refractivity contribution < 1.29 is 4.74 Å². The molecule has 0 fully saturated rings. The van der Waals surface area contributed by atoms with Crippen LogP contribution in [0.25, 0.3) is 16.7 Å². The van der Waals surface area contributed by atoms with Crippen LogP contribution in [0.1, 0.15) is 25.3 Å². The van der Waals surface area contributed by atoms with E-state index in [1.165, 1.54) is 0 Å². The Labute approximate surface area is 181 Å². The molecule has 0 unspecified atom stereocenters. The molecule has 150 valence electrons. The number of aromatic nitrogens is 4. The number of benzene rings is 2. The topological polar surface area (TPSA) is 61.4 Å². The fraction of sp³-hybridized carbons (Fsp3) is 0.286. The van der Waals surface area contributed by atoms with Crippen molar-refractivity contribution in [2.24, 2.45) is 0 Å². The molecule has 29 heavy (non-hydrogen) atoms. The molecule has 0 aliphatic carbocycles. The maximum atomic E-state index is 13.0. The average molecular weight is 473 g/mol. The van der Waals surface area contributed by atoms with Gasteiger partial charge in [-0.15, -0.1) is 10.2 Å². The maximum absolute atomic E-state index is 13.0. The number of hydrogen-bond acceptors (Lipinski definition) is 5. The number of para-hydroxylation sites is 1. The minimum atomic E-state index is -0.00964. The van der Waals surface area contributed by atoms with Crippen molar-refractivity contribution in [2.75, 3.05) is 7.11 Å². The summed E-state index contributed by atoms with van der Waals surface area (Å²) in [6.45, 7) is 2.75. The monoisotopic (exact) mass is 472 g/mol. The van der Waals surface area contributed by atoms with E-state index >= 15 is 0 Å². The highest BCUT2D eigenvalue weighted by Gasteiger charge is 2.16. The summed E-state index contributed by atoms with van der Waals surface area (Å²) >= 11 is 5.13. The molecule has 8 heteroatoms. The van der Waals surface area contributed by atoms with Crippen molar-refractivity contribution >= 4 is 44.4 Å². The molecule has 2 aromatic carbocycles. The van der Waals surface area contributed by atoms with E-state index < -0.39 is 0 Å². The molecule has 4 rings (SSSR count). The first-order valence-electron chi connectivity index (χ1n) is 9.46. The smallest absolute Gasteiger partial charge is 0.262 e. The van der Waals surface area contributed by atoms with E-state index in [9.17, 15) is 4.79 Å². The van der Waals surface area contributed by atoms with Gasteiger partial charge < -0.3 is 4.74 Å². The summed E-state index contributed by atoms with van der Waals surface area (Å²) in [5.41, 5.74) is 1.97. The third-order valence-corrected chi connectivity index (χ3v) is 6.42. The van der Waals surface area contributed by atoms with Gasteiger partial charge in [0.05, 0.1) is 22.5 Å². The zero-order chi connectivity index (χ0) is 20.4. The van der Waals surface area contributed by atoms with Gasteiger partial charge in [0.2, 0.25) is 5.78 Å². The number of fused-ring (bicyclic) bond motifs is 3. The average Bonchev–Trinajstić information content (AvgIpc) is 3.16. The van der Waals surface area contributed by atoms with E-state index in [0.717, 1.165) is 45.1 Å². The quantitative estimate of drug-likeness (QED) is 0.357. The largest absolute Gasteiger partial charge is 0.496 e. The normalized spacial score (nSPS) is 11.4. The molecule has 0 atom stereocenters. The van der Waals surface area contributed by atoms with Crippen LogP contribution in [0.15, 0.2) is 56.9 Å². The number of ether oxygens (including phenoxy) is 1. The highest BCUT2D eigenvalue weighted by molar-refractivity contribution is 9.10. The van der Waals surface area contributed by atoms with Crippen molar-refractivity contribution in [1.29, 1.82) is 0 Å². The summed E-state index contributed by atoms with van der Waals surface area (Å²) in [7, 11) is 1.65. The second kappa shape index (κ2) is 8.59. The molecule has 0 saturated carbocycles. The molecule has 0 aliphatic rings. The second-order valence-corrected chi connectivity index (χ2v) is 8.50. The van der Waals surface area contributed by atoms with E-state index in [0.29, 0.717) is 17.7 Å². The van der Waals surface area contributed by atoms with Gasteiger partial charge in [0.1, 0.15) is 5.75 Å². The summed E-state index contributed by atoms with van der Waals surface area (Å²) < 4.78 is 9.96. The number of nitrogens with zero attached hydrogens (tertiary/aromatic N) is 4. The van der Waals surface area contributed by atoms with Crippen molar-refractivity contribution in [3.63, 3.8) is 0 Å². The van der Waals surface area contributed by atoms with Crippen LogP contribution >= 0.6 is 27.7 Å². The first-order valence-corrected chi connectivity index (χ1v) is 11.2. The zero-order valence-corrected chi connectivity index (χ0v) is 18.7. The third-order valence-electron chi connectivity index (χ3n) is 4.80. The molecule has 0 spiro atoms. The van der Waals surface area contributed by atoms with E-state index in [-0.39, 0.29) is 5.56 Å². The Morgan fingerprint density at radius 3 is 2.76 bits per heavy atom. The molecule has 0 aliphatic heterocycles. The summed E-state index contributed by atoms with van der Waals surface area (Å²) in [5, 5.41) is 10.2. The molecule has 0 saturated heterocycles. The Kier molecular flexibility index (Phi) is 5.91. The lowest BCUT2D eigenvalue weighted by Gasteiger charge is -2.11. The molecule has 0 bridgehead atoms. The van der Waals surface area contributed by atoms with Crippen molar-refractivity contribution in [2.45, 2.75) is 37.2 Å². The van der Waals surface area contributed by atoms with E-state index in [4.69, 9.17) is 4.74 Å². The van der Waals surface area contributed by atoms with E-state index in [1.54, 1.807) is 23.4 Å². The van der Waals surface area contributed by atoms with Crippen LogP contribution in [0.4, 0.5) is 0 Å². The van der Waals surface area contributed by atoms with Gasteiger partial charge in [0.15, 0.2) is 5.16 Å². The Morgan fingerprint density at radius 1 is 1.17 bits per heavy atom. The molecule has 6 nitrogen and oxygen atoms in total. The lowest BCUT2D eigenvalue weighted by molar-refractivity contribution is 0.412. The van der Waals surface area contributed by atoms with Gasteiger partial charge in [-0.2, -0.15) is 0 Å². The Morgan fingerprint density at radius 2 is 2.00 bits per heavy atom. The number of hydrogen-bond donors (Lipinski definition) is 0. The van der Waals surface area contributed by atoms with Crippen molar-refractivity contribution in [3.8, 4) is 5.75 Å². The number of rotatable bonds is 7. The van der Waals surface area contributed by atoms with Gasteiger partial charge >= 0.3 is 0 Å². The molecule has 0 amide bonds. The van der Waals surface area contributed by atoms with Gasteiger partial charge in [-0.3, -0.25) is 13.8 Å². The second-order valence-electron chi connectivity index (χ2n) is 6.70. The molecule has 2 aromatic heterocycles. The Balaban J connectivity index is 1.76. The Bertz CT molecular complexity index is 1230. The van der Waals surface area contributed by atoms with E-state index in [1.807, 2.05) is 46.9 Å².